The van der Waals surface area contributed by atoms with Crippen LogP contribution in [-0.4, -0.2) is 21.6 Å². The Labute approximate surface area is 91.2 Å². The van der Waals surface area contributed by atoms with Crippen LogP contribution < -0.4 is 0 Å². The van der Waals surface area contributed by atoms with Gasteiger partial charge in [-0.2, -0.15) is 5.26 Å². The summed E-state index contributed by atoms with van der Waals surface area (Å²) < 4.78 is 2.40. The molecule has 4 heteroatoms. The Hall–Kier alpha value is 0.0900. The summed E-state index contributed by atoms with van der Waals surface area (Å²) in [7, 11) is 0. The van der Waals surface area contributed by atoms with E-state index >= 15 is 0 Å². The van der Waals surface area contributed by atoms with Crippen molar-refractivity contribution in [3.63, 3.8) is 0 Å². The zero-order chi connectivity index (χ0) is 9.35. The van der Waals surface area contributed by atoms with Crippen LogP contribution in [0.2, 0.25) is 0 Å². The minimum atomic E-state index is 0. The fourth-order valence-electron chi connectivity index (χ4n) is 1.32. The highest BCUT2D eigenvalue weighted by atomic mass is 35.5. The van der Waals surface area contributed by atoms with Crippen molar-refractivity contribution >= 4 is 24.4 Å². The van der Waals surface area contributed by atoms with Crippen molar-refractivity contribution in [2.24, 2.45) is 5.92 Å². The van der Waals surface area contributed by atoms with E-state index in [4.69, 9.17) is 5.26 Å². The molecule has 0 amide bonds. The average Bonchev–Trinajstić information content (AvgIpc) is 2.25. The summed E-state index contributed by atoms with van der Waals surface area (Å²) >= 11 is 1.82. The minimum Gasteiger partial charge on any atom is -0.246 e. The van der Waals surface area contributed by atoms with E-state index in [-0.39, 0.29) is 23.1 Å². The number of nitrogens with zero attached hydrogens (tertiary/aromatic N) is 2. The van der Waals surface area contributed by atoms with E-state index < -0.39 is 0 Å². The third-order valence-corrected chi connectivity index (χ3v) is 3.85. The molecule has 76 valence electrons. The normalized spacial score (nSPS) is 26.9. The van der Waals surface area contributed by atoms with Gasteiger partial charge in [0.05, 0.1) is 12.0 Å². The van der Waals surface area contributed by atoms with Gasteiger partial charge in [0.2, 0.25) is 0 Å². The molecule has 0 radical (unpaired) electrons. The van der Waals surface area contributed by atoms with Crippen molar-refractivity contribution in [1.29, 1.82) is 5.26 Å². The first-order chi connectivity index (χ1) is 5.47. The van der Waals surface area contributed by atoms with Crippen molar-refractivity contribution in [2.75, 3.05) is 6.54 Å². The maximum absolute atomic E-state index is 8.91. The summed E-state index contributed by atoms with van der Waals surface area (Å²) in [6, 6.07) is 2.91. The van der Waals surface area contributed by atoms with Gasteiger partial charge in [0.1, 0.15) is 0 Å². The highest BCUT2D eigenvalue weighted by Gasteiger charge is 2.41. The van der Waals surface area contributed by atoms with Crippen LogP contribution in [0.25, 0.3) is 0 Å². The zero-order valence-electron chi connectivity index (χ0n) is 8.57. The second-order valence-electron chi connectivity index (χ2n) is 4.07. The maximum atomic E-state index is 8.91. The van der Waals surface area contributed by atoms with Crippen LogP contribution in [0.4, 0.5) is 0 Å². The maximum Gasteiger partial charge on any atom is 0.0753 e. The molecule has 1 heterocycles. The monoisotopic (exact) mass is 220 g/mol. The zero-order valence-corrected chi connectivity index (χ0v) is 10.2. The van der Waals surface area contributed by atoms with Crippen LogP contribution in [0.3, 0.4) is 0 Å². The lowest BCUT2D eigenvalue weighted by Crippen LogP contribution is -2.23. The Morgan fingerprint density at radius 3 is 2.31 bits per heavy atom. The third-order valence-electron chi connectivity index (χ3n) is 2.29. The second-order valence-corrected chi connectivity index (χ2v) is 5.77. The fraction of sp³-hybridized carbons (Fsp3) is 0.889. The molecule has 0 saturated carbocycles. The van der Waals surface area contributed by atoms with Crippen molar-refractivity contribution in [3.05, 3.63) is 0 Å². The molecule has 0 N–H and O–H groups in total. The van der Waals surface area contributed by atoms with Crippen LogP contribution >= 0.6 is 24.4 Å². The molecule has 0 aliphatic carbocycles. The molecule has 0 bridgehead atoms. The van der Waals surface area contributed by atoms with Crippen LogP contribution in [0.1, 0.15) is 27.7 Å². The largest absolute Gasteiger partial charge is 0.246 e. The Balaban J connectivity index is 0.00000144. The number of nitriles is 1. The smallest absolute Gasteiger partial charge is 0.0753 e. The van der Waals surface area contributed by atoms with E-state index in [0.717, 1.165) is 6.54 Å². The van der Waals surface area contributed by atoms with E-state index in [1.807, 2.05) is 11.9 Å². The Kier molecular flexibility index (Phi) is 4.58. The van der Waals surface area contributed by atoms with Gasteiger partial charge in [0.15, 0.2) is 0 Å². The van der Waals surface area contributed by atoms with Crippen LogP contribution in [0.15, 0.2) is 0 Å². The highest BCUT2D eigenvalue weighted by molar-refractivity contribution is 7.98. The summed E-state index contributed by atoms with van der Waals surface area (Å²) in [6.07, 6.45) is 0. The Bertz CT molecular complexity index is 210. The first kappa shape index (κ1) is 13.1. The number of hydrogen-bond acceptors (Lipinski definition) is 3. The van der Waals surface area contributed by atoms with Crippen LogP contribution in [0.5, 0.6) is 0 Å². The van der Waals surface area contributed by atoms with Gasteiger partial charge in [-0.25, -0.2) is 4.31 Å². The molecule has 0 aromatic heterocycles. The summed E-state index contributed by atoms with van der Waals surface area (Å²) in [5.41, 5.74) is 0. The van der Waals surface area contributed by atoms with E-state index in [9.17, 15) is 0 Å². The van der Waals surface area contributed by atoms with E-state index in [2.05, 4.69) is 38.1 Å². The molecule has 1 aliphatic rings. The van der Waals surface area contributed by atoms with Gasteiger partial charge in [-0.1, -0.05) is 11.9 Å². The Morgan fingerprint density at radius 2 is 2.08 bits per heavy atom. The number of halogens is 1. The Morgan fingerprint density at radius 1 is 1.54 bits per heavy atom. The van der Waals surface area contributed by atoms with Crippen molar-refractivity contribution in [3.8, 4) is 6.07 Å². The lowest BCUT2D eigenvalue weighted by molar-refractivity contribution is 0.378. The van der Waals surface area contributed by atoms with Gasteiger partial charge in [0, 0.05) is 17.3 Å². The molecule has 1 rings (SSSR count). The third kappa shape index (κ3) is 2.77. The topological polar surface area (TPSA) is 27.0 Å². The summed E-state index contributed by atoms with van der Waals surface area (Å²) in [4.78, 5) is 0. The summed E-state index contributed by atoms with van der Waals surface area (Å²) in [5, 5.41) is 8.91. The standard InChI is InChI=1S/C9H16N2S.ClH/c1-7(2)11-6-8(5-10)9(3,4)12-11;/h7-8H,6H2,1-4H3;1H. The molecule has 0 aromatic carbocycles. The lowest BCUT2D eigenvalue weighted by Gasteiger charge is -2.21. The molecular weight excluding hydrogens is 204 g/mol. The molecule has 1 aliphatic heterocycles. The molecule has 1 atom stereocenters. The summed E-state index contributed by atoms with van der Waals surface area (Å²) in [5.74, 6) is 0.171. The average molecular weight is 221 g/mol. The quantitative estimate of drug-likeness (QED) is 0.636. The molecule has 1 saturated heterocycles. The van der Waals surface area contributed by atoms with Crippen molar-refractivity contribution in [1.82, 2.24) is 4.31 Å². The van der Waals surface area contributed by atoms with Gasteiger partial charge in [-0.3, -0.25) is 0 Å². The van der Waals surface area contributed by atoms with E-state index in [1.165, 1.54) is 0 Å². The highest BCUT2D eigenvalue weighted by Crippen LogP contribution is 2.43. The van der Waals surface area contributed by atoms with E-state index in [1.54, 1.807) is 0 Å². The van der Waals surface area contributed by atoms with Gasteiger partial charge in [0.25, 0.3) is 0 Å². The van der Waals surface area contributed by atoms with E-state index in [0.29, 0.717) is 6.04 Å². The summed E-state index contributed by atoms with van der Waals surface area (Å²) in [6.45, 7) is 9.54. The first-order valence-corrected chi connectivity index (χ1v) is 5.10. The van der Waals surface area contributed by atoms with Crippen molar-refractivity contribution in [2.45, 2.75) is 38.5 Å². The molecule has 2 nitrogen and oxygen atoms in total. The molecule has 0 spiro atoms. The van der Waals surface area contributed by atoms with Crippen molar-refractivity contribution < 1.29 is 0 Å². The number of rotatable bonds is 1. The number of hydrogen-bond donors (Lipinski definition) is 0. The SMILES string of the molecule is CC(C)N1CC(C#N)C(C)(C)S1.Cl. The van der Waals surface area contributed by atoms with Crippen LogP contribution in [0, 0.1) is 17.2 Å². The predicted octanol–water partition coefficient (Wildman–Crippen LogP) is 2.70. The van der Waals surface area contributed by atoms with Gasteiger partial charge < -0.3 is 0 Å². The first-order valence-electron chi connectivity index (χ1n) is 4.33. The fourth-order valence-corrected chi connectivity index (χ4v) is 2.61. The minimum absolute atomic E-state index is 0. The molecule has 1 fully saturated rings. The van der Waals surface area contributed by atoms with Crippen LogP contribution in [-0.2, 0) is 0 Å². The lowest BCUT2D eigenvalue weighted by atomic mass is 9.96. The molecular formula is C9H17ClN2S. The second kappa shape index (κ2) is 4.54. The van der Waals surface area contributed by atoms with Gasteiger partial charge >= 0.3 is 0 Å². The predicted molar refractivity (Wildman–Crippen MR) is 59.9 cm³/mol. The molecule has 1 unspecified atom stereocenters. The van der Waals surface area contributed by atoms with Gasteiger partial charge in [-0.15, -0.1) is 12.4 Å². The van der Waals surface area contributed by atoms with Gasteiger partial charge in [-0.05, 0) is 27.7 Å². The molecule has 0 aromatic rings. The molecule has 13 heavy (non-hydrogen) atoms.